The normalized spacial score (nSPS) is 20.0. The molecular weight excluding hydrogens is 308 g/mol. The van der Waals surface area contributed by atoms with E-state index in [1.54, 1.807) is 19.4 Å². The van der Waals surface area contributed by atoms with E-state index >= 15 is 0 Å². The predicted molar refractivity (Wildman–Crippen MR) is 88.9 cm³/mol. The molecule has 2 atom stereocenters. The minimum absolute atomic E-state index is 0.0755. The van der Waals surface area contributed by atoms with E-state index in [0.29, 0.717) is 31.2 Å². The number of carbonyl (C=O) groups is 1. The van der Waals surface area contributed by atoms with E-state index in [-0.39, 0.29) is 11.8 Å². The first-order chi connectivity index (χ1) is 11.7. The van der Waals surface area contributed by atoms with Crippen LogP contribution in [0.5, 0.6) is 11.5 Å². The van der Waals surface area contributed by atoms with Crippen molar-refractivity contribution in [1.82, 2.24) is 15.3 Å². The number of anilines is 1. The van der Waals surface area contributed by atoms with Crippen molar-refractivity contribution < 1.29 is 14.6 Å². The van der Waals surface area contributed by atoms with E-state index in [9.17, 15) is 9.90 Å². The number of β-amino-alcohol motifs (C(OH)–C–C–N with tert-alkyl or cyclic N) is 1. The third-order valence-corrected chi connectivity index (χ3v) is 4.01. The van der Waals surface area contributed by atoms with Crippen LogP contribution in [0.15, 0.2) is 42.7 Å². The van der Waals surface area contributed by atoms with Crippen LogP contribution in [0.25, 0.3) is 0 Å². The molecule has 2 heterocycles. The van der Waals surface area contributed by atoms with Crippen molar-refractivity contribution in [2.75, 3.05) is 25.0 Å². The Kier molecular flexibility index (Phi) is 4.90. The molecule has 0 saturated carbocycles. The number of nitrogens with zero attached hydrogens (tertiary/aromatic N) is 3. The average Bonchev–Trinajstić information content (AvgIpc) is 2.97. The Labute approximate surface area is 140 Å². The van der Waals surface area contributed by atoms with E-state index in [1.807, 2.05) is 35.2 Å². The summed E-state index contributed by atoms with van der Waals surface area (Å²) >= 11 is 0. The van der Waals surface area contributed by atoms with E-state index in [1.165, 1.54) is 0 Å². The largest absolute Gasteiger partial charge is 0.454 e. The lowest BCUT2D eigenvalue weighted by molar-refractivity contribution is -0.122. The number of hydrogen-bond acceptors (Lipinski definition) is 6. The van der Waals surface area contributed by atoms with Gasteiger partial charge in [0.15, 0.2) is 5.75 Å². The molecule has 3 rings (SSSR count). The lowest BCUT2D eigenvalue weighted by atomic mass is 10.0. The van der Waals surface area contributed by atoms with Crippen molar-refractivity contribution in [1.29, 1.82) is 0 Å². The van der Waals surface area contributed by atoms with Gasteiger partial charge in [-0.25, -0.2) is 9.97 Å². The lowest BCUT2D eigenvalue weighted by Crippen LogP contribution is -2.27. The number of nitrogens with one attached hydrogen (secondary N) is 1. The molecule has 1 aliphatic rings. The second-order valence-electron chi connectivity index (χ2n) is 5.74. The first kappa shape index (κ1) is 16.2. The minimum Gasteiger partial charge on any atom is -0.454 e. The summed E-state index contributed by atoms with van der Waals surface area (Å²) in [5, 5.41) is 12.7. The molecular formula is C17H20N4O3. The van der Waals surface area contributed by atoms with Crippen LogP contribution in [-0.2, 0) is 4.79 Å². The van der Waals surface area contributed by atoms with Crippen LogP contribution in [0.4, 0.5) is 5.95 Å². The van der Waals surface area contributed by atoms with Crippen molar-refractivity contribution in [2.24, 2.45) is 5.92 Å². The highest BCUT2D eigenvalue weighted by atomic mass is 16.5. The molecule has 1 aromatic heterocycles. The smallest absolute Gasteiger partial charge is 0.225 e. The van der Waals surface area contributed by atoms with E-state index in [0.717, 1.165) is 5.75 Å². The molecule has 2 N–H and O–H groups in total. The van der Waals surface area contributed by atoms with E-state index < -0.39 is 6.10 Å². The highest BCUT2D eigenvalue weighted by molar-refractivity contribution is 5.76. The van der Waals surface area contributed by atoms with Gasteiger partial charge in [0, 0.05) is 32.5 Å². The standard InChI is InChI=1S/C17H20N4O3/c1-18-16(23)7-12-10-21(11-15(12)22)17-19-8-14(9-20-17)24-13-5-3-2-4-6-13/h2-6,8-9,12,15,22H,7,10-11H2,1H3,(H,18,23)/t12-,15-/m1/s1. The van der Waals surface area contributed by atoms with Crippen LogP contribution in [-0.4, -0.2) is 47.2 Å². The Bertz CT molecular complexity index is 678. The molecule has 0 spiro atoms. The monoisotopic (exact) mass is 328 g/mol. The lowest BCUT2D eigenvalue weighted by Gasteiger charge is -2.15. The van der Waals surface area contributed by atoms with Crippen LogP contribution in [0.3, 0.4) is 0 Å². The van der Waals surface area contributed by atoms with Gasteiger partial charge in [-0.1, -0.05) is 18.2 Å². The highest BCUT2D eigenvalue weighted by Gasteiger charge is 2.33. The van der Waals surface area contributed by atoms with Gasteiger partial charge in [0.05, 0.1) is 18.5 Å². The predicted octanol–water partition coefficient (Wildman–Crippen LogP) is 1.20. The number of para-hydroxylation sites is 1. The molecule has 1 amide bonds. The SMILES string of the molecule is CNC(=O)C[C@@H]1CN(c2ncc(Oc3ccccc3)cn2)C[C@H]1O. The van der Waals surface area contributed by atoms with Gasteiger partial charge in [-0.05, 0) is 12.1 Å². The fourth-order valence-corrected chi connectivity index (χ4v) is 2.71. The molecule has 0 aliphatic carbocycles. The molecule has 1 aromatic carbocycles. The molecule has 7 nitrogen and oxygen atoms in total. The van der Waals surface area contributed by atoms with Gasteiger partial charge in [0.25, 0.3) is 0 Å². The second kappa shape index (κ2) is 7.27. The maximum Gasteiger partial charge on any atom is 0.225 e. The summed E-state index contributed by atoms with van der Waals surface area (Å²) in [6.45, 7) is 0.966. The summed E-state index contributed by atoms with van der Waals surface area (Å²) in [4.78, 5) is 22.0. The zero-order chi connectivity index (χ0) is 16.9. The molecule has 1 saturated heterocycles. The Morgan fingerprint density at radius 1 is 1.25 bits per heavy atom. The number of aliphatic hydroxyl groups is 1. The topological polar surface area (TPSA) is 87.6 Å². The van der Waals surface area contributed by atoms with Gasteiger partial charge >= 0.3 is 0 Å². The Hall–Kier alpha value is -2.67. The van der Waals surface area contributed by atoms with Crippen molar-refractivity contribution in [3.05, 3.63) is 42.7 Å². The summed E-state index contributed by atoms with van der Waals surface area (Å²) in [7, 11) is 1.59. The summed E-state index contributed by atoms with van der Waals surface area (Å²) in [5.74, 6) is 1.60. The maximum absolute atomic E-state index is 11.5. The van der Waals surface area contributed by atoms with E-state index in [4.69, 9.17) is 4.74 Å². The van der Waals surface area contributed by atoms with Crippen LogP contribution in [0, 0.1) is 5.92 Å². The Morgan fingerprint density at radius 3 is 2.62 bits per heavy atom. The number of benzene rings is 1. The number of aliphatic hydroxyl groups excluding tert-OH is 1. The highest BCUT2D eigenvalue weighted by Crippen LogP contribution is 2.25. The van der Waals surface area contributed by atoms with Gasteiger partial charge in [-0.15, -0.1) is 0 Å². The van der Waals surface area contributed by atoms with Gasteiger partial charge < -0.3 is 20.1 Å². The molecule has 126 valence electrons. The van der Waals surface area contributed by atoms with Crippen molar-refractivity contribution in [3.63, 3.8) is 0 Å². The second-order valence-corrected chi connectivity index (χ2v) is 5.74. The van der Waals surface area contributed by atoms with Gasteiger partial charge in [0.2, 0.25) is 11.9 Å². The molecule has 24 heavy (non-hydrogen) atoms. The molecule has 1 fully saturated rings. The molecule has 1 aliphatic heterocycles. The molecule has 2 aromatic rings. The molecule has 0 radical (unpaired) electrons. The van der Waals surface area contributed by atoms with Gasteiger partial charge in [-0.3, -0.25) is 4.79 Å². The van der Waals surface area contributed by atoms with E-state index in [2.05, 4.69) is 15.3 Å². The summed E-state index contributed by atoms with van der Waals surface area (Å²) in [5.41, 5.74) is 0. The summed E-state index contributed by atoms with van der Waals surface area (Å²) in [6, 6.07) is 9.41. The third-order valence-electron chi connectivity index (χ3n) is 4.01. The Balaban J connectivity index is 1.62. The van der Waals surface area contributed by atoms with Crippen molar-refractivity contribution >= 4 is 11.9 Å². The zero-order valence-electron chi connectivity index (χ0n) is 13.4. The fourth-order valence-electron chi connectivity index (χ4n) is 2.71. The number of carbonyl (C=O) groups excluding carboxylic acids is 1. The fraction of sp³-hybridized carbons (Fsp3) is 0.353. The minimum atomic E-state index is -0.564. The zero-order valence-corrected chi connectivity index (χ0v) is 13.4. The number of aromatic nitrogens is 2. The summed E-state index contributed by atoms with van der Waals surface area (Å²) in [6.07, 6.45) is 2.94. The average molecular weight is 328 g/mol. The van der Waals surface area contributed by atoms with Gasteiger partial charge in [0.1, 0.15) is 5.75 Å². The quantitative estimate of drug-likeness (QED) is 0.858. The van der Waals surface area contributed by atoms with Crippen LogP contribution in [0.1, 0.15) is 6.42 Å². The number of hydrogen-bond donors (Lipinski definition) is 2. The van der Waals surface area contributed by atoms with Gasteiger partial charge in [-0.2, -0.15) is 0 Å². The van der Waals surface area contributed by atoms with Crippen molar-refractivity contribution in [3.8, 4) is 11.5 Å². The number of rotatable bonds is 5. The Morgan fingerprint density at radius 2 is 1.96 bits per heavy atom. The first-order valence-electron chi connectivity index (χ1n) is 7.84. The summed E-state index contributed by atoms with van der Waals surface area (Å²) < 4.78 is 5.66. The molecule has 7 heteroatoms. The van der Waals surface area contributed by atoms with Crippen LogP contribution < -0.4 is 15.0 Å². The number of amides is 1. The molecule has 0 bridgehead atoms. The number of ether oxygens (including phenoxy) is 1. The maximum atomic E-state index is 11.5. The first-order valence-corrected chi connectivity index (χ1v) is 7.84. The van der Waals surface area contributed by atoms with Crippen molar-refractivity contribution in [2.45, 2.75) is 12.5 Å². The van der Waals surface area contributed by atoms with Crippen LogP contribution >= 0.6 is 0 Å². The molecule has 0 unspecified atom stereocenters. The third kappa shape index (κ3) is 3.80. The van der Waals surface area contributed by atoms with Crippen LogP contribution in [0.2, 0.25) is 0 Å².